The molecule has 0 amide bonds. The molecule has 176 valence electrons. The van der Waals surface area contributed by atoms with Crippen LogP contribution in [0, 0.1) is 5.82 Å². The predicted octanol–water partition coefficient (Wildman–Crippen LogP) is 3.29. The SMILES string of the molecule is CCCOc1ccc(F)cc1N1CCN(CCCn2c(O)cc(CNC3CC3)c2O)CC1. The zero-order valence-electron chi connectivity index (χ0n) is 18.9. The fourth-order valence-electron chi connectivity index (χ4n) is 4.21. The summed E-state index contributed by atoms with van der Waals surface area (Å²) in [6.07, 6.45) is 4.12. The molecule has 2 fully saturated rings. The average molecular weight is 447 g/mol. The van der Waals surface area contributed by atoms with E-state index in [-0.39, 0.29) is 17.6 Å². The molecule has 1 aromatic heterocycles. The lowest BCUT2D eigenvalue weighted by Crippen LogP contribution is -2.46. The quantitative estimate of drug-likeness (QED) is 0.492. The van der Waals surface area contributed by atoms with Crippen molar-refractivity contribution < 1.29 is 19.3 Å². The monoisotopic (exact) mass is 446 g/mol. The lowest BCUT2D eigenvalue weighted by atomic mass is 10.2. The van der Waals surface area contributed by atoms with E-state index < -0.39 is 0 Å². The number of piperazine rings is 1. The first-order valence-electron chi connectivity index (χ1n) is 11.8. The van der Waals surface area contributed by atoms with Gasteiger partial charge in [-0.3, -0.25) is 9.47 Å². The molecule has 2 aliphatic rings. The number of ether oxygens (including phenoxy) is 1. The van der Waals surface area contributed by atoms with Crippen molar-refractivity contribution in [1.29, 1.82) is 0 Å². The van der Waals surface area contributed by atoms with Crippen molar-refractivity contribution in [1.82, 2.24) is 14.8 Å². The van der Waals surface area contributed by atoms with Crippen molar-refractivity contribution in [2.45, 2.75) is 51.7 Å². The topological polar surface area (TPSA) is 73.1 Å². The Labute approximate surface area is 189 Å². The van der Waals surface area contributed by atoms with Crippen molar-refractivity contribution >= 4 is 5.69 Å². The van der Waals surface area contributed by atoms with Gasteiger partial charge in [-0.25, -0.2) is 4.39 Å². The fourth-order valence-corrected chi connectivity index (χ4v) is 4.21. The highest BCUT2D eigenvalue weighted by Crippen LogP contribution is 2.31. The maximum Gasteiger partial charge on any atom is 0.198 e. The number of rotatable bonds is 11. The number of nitrogens with one attached hydrogen (secondary N) is 1. The van der Waals surface area contributed by atoms with E-state index in [1.807, 2.05) is 0 Å². The van der Waals surface area contributed by atoms with Crippen LogP contribution in [-0.2, 0) is 13.1 Å². The van der Waals surface area contributed by atoms with Crippen molar-refractivity contribution in [3.63, 3.8) is 0 Å². The highest BCUT2D eigenvalue weighted by atomic mass is 19.1. The minimum atomic E-state index is -0.246. The van der Waals surface area contributed by atoms with Crippen LogP contribution in [0.4, 0.5) is 10.1 Å². The Hall–Kier alpha value is -2.45. The molecule has 1 aromatic carbocycles. The van der Waals surface area contributed by atoms with Crippen molar-refractivity contribution in [2.75, 3.05) is 44.2 Å². The molecule has 0 radical (unpaired) electrons. The van der Waals surface area contributed by atoms with Crippen LogP contribution in [0.25, 0.3) is 0 Å². The molecule has 1 saturated carbocycles. The van der Waals surface area contributed by atoms with Crippen molar-refractivity contribution in [3.8, 4) is 17.5 Å². The number of nitrogens with zero attached hydrogens (tertiary/aromatic N) is 3. The maximum absolute atomic E-state index is 13.8. The second-order valence-corrected chi connectivity index (χ2v) is 8.80. The molecule has 3 N–H and O–H groups in total. The van der Waals surface area contributed by atoms with Crippen LogP contribution in [0.3, 0.4) is 0 Å². The van der Waals surface area contributed by atoms with Gasteiger partial charge in [-0.2, -0.15) is 0 Å². The summed E-state index contributed by atoms with van der Waals surface area (Å²) in [5, 5.41) is 24.0. The van der Waals surface area contributed by atoms with Crippen LogP contribution < -0.4 is 15.0 Å². The van der Waals surface area contributed by atoms with Gasteiger partial charge in [0.05, 0.1) is 12.3 Å². The van der Waals surface area contributed by atoms with Crippen molar-refractivity contribution in [3.05, 3.63) is 35.6 Å². The molecule has 8 heteroatoms. The van der Waals surface area contributed by atoms with E-state index in [0.29, 0.717) is 25.7 Å². The Kier molecular flexibility index (Phi) is 7.42. The van der Waals surface area contributed by atoms with Crippen LogP contribution in [0.2, 0.25) is 0 Å². The normalized spacial score (nSPS) is 17.1. The summed E-state index contributed by atoms with van der Waals surface area (Å²) < 4.78 is 21.3. The van der Waals surface area contributed by atoms with Gasteiger partial charge in [-0.05, 0) is 44.4 Å². The van der Waals surface area contributed by atoms with E-state index in [9.17, 15) is 14.6 Å². The lowest BCUT2D eigenvalue weighted by Gasteiger charge is -2.36. The zero-order valence-corrected chi connectivity index (χ0v) is 18.9. The van der Waals surface area contributed by atoms with Gasteiger partial charge in [-0.1, -0.05) is 6.92 Å². The first kappa shape index (κ1) is 22.7. The van der Waals surface area contributed by atoms with Gasteiger partial charge in [-0.15, -0.1) is 0 Å². The summed E-state index contributed by atoms with van der Waals surface area (Å²) in [4.78, 5) is 4.56. The highest BCUT2D eigenvalue weighted by Gasteiger charge is 2.23. The third-order valence-corrected chi connectivity index (χ3v) is 6.23. The third-order valence-electron chi connectivity index (χ3n) is 6.23. The molecular weight excluding hydrogens is 411 g/mol. The average Bonchev–Trinajstić information content (AvgIpc) is 3.59. The van der Waals surface area contributed by atoms with E-state index in [0.717, 1.165) is 62.6 Å². The predicted molar refractivity (Wildman–Crippen MR) is 123 cm³/mol. The smallest absolute Gasteiger partial charge is 0.198 e. The molecule has 0 spiro atoms. The second kappa shape index (κ2) is 10.4. The molecule has 0 bridgehead atoms. The van der Waals surface area contributed by atoms with E-state index in [1.165, 1.54) is 18.9 Å². The Balaban J connectivity index is 1.25. The Morgan fingerprint density at radius 3 is 2.59 bits per heavy atom. The Morgan fingerprint density at radius 1 is 1.09 bits per heavy atom. The number of anilines is 1. The zero-order chi connectivity index (χ0) is 22.5. The van der Waals surface area contributed by atoms with Gasteiger partial charge in [0.15, 0.2) is 11.8 Å². The van der Waals surface area contributed by atoms with Gasteiger partial charge >= 0.3 is 0 Å². The lowest BCUT2D eigenvalue weighted by molar-refractivity contribution is 0.245. The molecule has 1 aliphatic carbocycles. The molecule has 2 heterocycles. The first-order valence-corrected chi connectivity index (χ1v) is 11.8. The number of halogens is 1. The number of benzene rings is 1. The molecule has 0 unspecified atom stereocenters. The van der Waals surface area contributed by atoms with Crippen LogP contribution in [0.15, 0.2) is 24.3 Å². The van der Waals surface area contributed by atoms with Crippen LogP contribution >= 0.6 is 0 Å². The molecular formula is C24H35FN4O3. The minimum absolute atomic E-state index is 0.116. The van der Waals surface area contributed by atoms with E-state index in [2.05, 4.69) is 22.0 Å². The number of hydrogen-bond donors (Lipinski definition) is 3. The molecule has 1 saturated heterocycles. The van der Waals surface area contributed by atoms with E-state index in [1.54, 1.807) is 22.8 Å². The largest absolute Gasteiger partial charge is 0.494 e. The Morgan fingerprint density at radius 2 is 1.88 bits per heavy atom. The molecule has 0 atom stereocenters. The molecule has 7 nitrogen and oxygen atoms in total. The third kappa shape index (κ3) is 5.66. The summed E-state index contributed by atoms with van der Waals surface area (Å²) in [5.41, 5.74) is 1.58. The molecule has 4 rings (SSSR count). The van der Waals surface area contributed by atoms with Crippen LogP contribution in [0.5, 0.6) is 17.5 Å². The standard InChI is InChI=1S/C24H35FN4O3/c1-2-14-32-22-7-4-19(25)16-21(22)28-12-10-27(11-13-28)8-3-9-29-23(30)15-18(24(29)31)17-26-20-5-6-20/h4,7,15-16,20,26,30-31H,2-3,5-6,8-14,17H2,1H3. The first-order chi connectivity index (χ1) is 15.5. The van der Waals surface area contributed by atoms with Crippen molar-refractivity contribution in [2.24, 2.45) is 0 Å². The fraction of sp³-hybridized carbons (Fsp3) is 0.583. The van der Waals surface area contributed by atoms with Crippen LogP contribution in [-0.4, -0.2) is 65.1 Å². The van der Waals surface area contributed by atoms with Gasteiger partial charge < -0.3 is 25.2 Å². The number of aromatic hydroxyl groups is 2. The summed E-state index contributed by atoms with van der Waals surface area (Å²) in [7, 11) is 0. The second-order valence-electron chi connectivity index (χ2n) is 8.80. The summed E-state index contributed by atoms with van der Waals surface area (Å²) in [6.45, 7) is 8.09. The van der Waals surface area contributed by atoms with E-state index in [4.69, 9.17) is 4.74 Å². The van der Waals surface area contributed by atoms with Gasteiger partial charge in [0.25, 0.3) is 0 Å². The van der Waals surface area contributed by atoms with Gasteiger partial charge in [0, 0.05) is 63.0 Å². The molecule has 32 heavy (non-hydrogen) atoms. The van der Waals surface area contributed by atoms with Gasteiger partial charge in [0.1, 0.15) is 11.6 Å². The van der Waals surface area contributed by atoms with Gasteiger partial charge in [0.2, 0.25) is 0 Å². The number of hydrogen-bond acceptors (Lipinski definition) is 6. The minimum Gasteiger partial charge on any atom is -0.494 e. The Bertz CT molecular complexity index is 892. The summed E-state index contributed by atoms with van der Waals surface area (Å²) >= 11 is 0. The number of aromatic nitrogens is 1. The van der Waals surface area contributed by atoms with Crippen LogP contribution in [0.1, 0.15) is 38.2 Å². The maximum atomic E-state index is 13.8. The molecule has 2 aromatic rings. The van der Waals surface area contributed by atoms with E-state index >= 15 is 0 Å². The molecule has 1 aliphatic heterocycles. The summed E-state index contributed by atoms with van der Waals surface area (Å²) in [6, 6.07) is 6.94. The summed E-state index contributed by atoms with van der Waals surface area (Å²) in [5.74, 6) is 0.772. The highest BCUT2D eigenvalue weighted by molar-refractivity contribution is 5.59.